The van der Waals surface area contributed by atoms with E-state index in [9.17, 15) is 0 Å². The Balaban J connectivity index is 2.06. The number of aromatic nitrogens is 2. The highest BCUT2D eigenvalue weighted by molar-refractivity contribution is 5.64. The molecule has 0 aliphatic rings. The smallest absolute Gasteiger partial charge is 0.141 e. The molecular weight excluding hydrogens is 246 g/mol. The Hall–Kier alpha value is -2.13. The van der Waals surface area contributed by atoms with Gasteiger partial charge in [0.15, 0.2) is 0 Å². The molecule has 0 radical (unpaired) electrons. The highest BCUT2D eigenvalue weighted by atomic mass is 15.0. The number of nitrogens with zero attached hydrogens (tertiary/aromatic N) is 2. The second-order valence-electron chi connectivity index (χ2n) is 5.37. The Bertz CT molecular complexity index is 724. The molecule has 0 amide bonds. The number of hydrogen-bond acceptors (Lipinski definition) is 2. The van der Waals surface area contributed by atoms with Crippen molar-refractivity contribution in [1.82, 2.24) is 9.38 Å². The molecule has 0 bridgehead atoms. The summed E-state index contributed by atoms with van der Waals surface area (Å²) in [5.74, 6) is 0.550. The summed E-state index contributed by atoms with van der Waals surface area (Å²) in [5, 5.41) is 0. The monoisotopic (exact) mass is 265 g/mol. The molecule has 0 aliphatic heterocycles. The molecule has 2 heterocycles. The lowest BCUT2D eigenvalue weighted by Gasteiger charge is -2.05. The molecule has 3 aromatic rings. The Morgan fingerprint density at radius 3 is 2.55 bits per heavy atom. The summed E-state index contributed by atoms with van der Waals surface area (Å²) >= 11 is 0. The molecule has 2 aromatic heterocycles. The highest BCUT2D eigenvalue weighted by Gasteiger charge is 2.07. The first-order valence-electron chi connectivity index (χ1n) is 6.96. The lowest BCUT2D eigenvalue weighted by Crippen LogP contribution is -1.99. The van der Waals surface area contributed by atoms with E-state index in [0.29, 0.717) is 12.5 Å². The van der Waals surface area contributed by atoms with Crippen molar-refractivity contribution in [3.8, 4) is 11.3 Å². The van der Waals surface area contributed by atoms with Gasteiger partial charge in [0.1, 0.15) is 5.65 Å². The number of benzene rings is 1. The Morgan fingerprint density at radius 1 is 1.15 bits per heavy atom. The van der Waals surface area contributed by atoms with Gasteiger partial charge in [-0.1, -0.05) is 44.2 Å². The maximum absolute atomic E-state index is 5.76. The van der Waals surface area contributed by atoms with Crippen LogP contribution in [-0.4, -0.2) is 9.38 Å². The fourth-order valence-electron chi connectivity index (χ4n) is 2.41. The quantitative estimate of drug-likeness (QED) is 0.786. The molecule has 20 heavy (non-hydrogen) atoms. The Kier molecular flexibility index (Phi) is 3.28. The predicted molar refractivity (Wildman–Crippen MR) is 82.6 cm³/mol. The summed E-state index contributed by atoms with van der Waals surface area (Å²) in [6, 6.07) is 12.6. The molecule has 0 unspecified atom stereocenters. The number of hydrogen-bond donors (Lipinski definition) is 1. The van der Waals surface area contributed by atoms with E-state index < -0.39 is 0 Å². The minimum atomic E-state index is 0.507. The first-order valence-corrected chi connectivity index (χ1v) is 6.96. The van der Waals surface area contributed by atoms with Crippen LogP contribution in [0.1, 0.15) is 30.9 Å². The number of imidazole rings is 1. The summed E-state index contributed by atoms with van der Waals surface area (Å²) in [6.45, 7) is 4.91. The van der Waals surface area contributed by atoms with Crippen LogP contribution in [-0.2, 0) is 6.54 Å². The van der Waals surface area contributed by atoms with Gasteiger partial charge in [-0.05, 0) is 17.5 Å². The first kappa shape index (κ1) is 12.9. The van der Waals surface area contributed by atoms with E-state index in [1.807, 2.05) is 22.7 Å². The zero-order valence-corrected chi connectivity index (χ0v) is 11.9. The van der Waals surface area contributed by atoms with E-state index >= 15 is 0 Å². The number of nitrogens with two attached hydrogens (primary N) is 1. The second kappa shape index (κ2) is 5.10. The summed E-state index contributed by atoms with van der Waals surface area (Å²) in [4.78, 5) is 4.71. The van der Waals surface area contributed by atoms with Crippen LogP contribution in [0.2, 0.25) is 0 Å². The van der Waals surface area contributed by atoms with Crippen LogP contribution in [0.3, 0.4) is 0 Å². The van der Waals surface area contributed by atoms with E-state index in [2.05, 4.69) is 44.3 Å². The minimum absolute atomic E-state index is 0.507. The third-order valence-corrected chi connectivity index (χ3v) is 3.66. The van der Waals surface area contributed by atoms with Crippen molar-refractivity contribution in [2.75, 3.05) is 0 Å². The average molecular weight is 265 g/mol. The number of fused-ring (bicyclic) bond motifs is 1. The summed E-state index contributed by atoms with van der Waals surface area (Å²) < 4.78 is 2.04. The first-order chi connectivity index (χ1) is 9.69. The van der Waals surface area contributed by atoms with Crippen LogP contribution in [0.5, 0.6) is 0 Å². The Morgan fingerprint density at radius 2 is 1.90 bits per heavy atom. The van der Waals surface area contributed by atoms with Crippen molar-refractivity contribution in [3.63, 3.8) is 0 Å². The molecule has 3 heteroatoms. The molecule has 0 spiro atoms. The lowest BCUT2D eigenvalue weighted by atomic mass is 10.0. The van der Waals surface area contributed by atoms with Crippen LogP contribution in [0, 0.1) is 0 Å². The maximum atomic E-state index is 5.76. The fourth-order valence-corrected chi connectivity index (χ4v) is 2.41. The van der Waals surface area contributed by atoms with E-state index in [4.69, 9.17) is 10.7 Å². The van der Waals surface area contributed by atoms with Gasteiger partial charge in [-0.15, -0.1) is 0 Å². The molecule has 1 aromatic carbocycles. The third-order valence-electron chi connectivity index (χ3n) is 3.66. The number of pyridine rings is 1. The van der Waals surface area contributed by atoms with Crippen LogP contribution < -0.4 is 5.73 Å². The largest absolute Gasteiger partial charge is 0.326 e. The number of rotatable bonds is 3. The molecule has 0 saturated carbocycles. The van der Waals surface area contributed by atoms with Crippen LogP contribution in [0.15, 0.2) is 48.8 Å². The van der Waals surface area contributed by atoms with Gasteiger partial charge in [0.2, 0.25) is 0 Å². The fraction of sp³-hybridized carbons (Fsp3) is 0.235. The zero-order chi connectivity index (χ0) is 14.1. The van der Waals surface area contributed by atoms with E-state index in [1.54, 1.807) is 0 Å². The summed E-state index contributed by atoms with van der Waals surface area (Å²) in [6.07, 6.45) is 4.06. The van der Waals surface area contributed by atoms with Crippen molar-refractivity contribution in [3.05, 3.63) is 59.9 Å². The van der Waals surface area contributed by atoms with Crippen molar-refractivity contribution in [1.29, 1.82) is 0 Å². The van der Waals surface area contributed by atoms with Gasteiger partial charge < -0.3 is 10.1 Å². The lowest BCUT2D eigenvalue weighted by molar-refractivity contribution is 0.867. The molecule has 102 valence electrons. The Labute approximate surface area is 119 Å². The van der Waals surface area contributed by atoms with Crippen molar-refractivity contribution >= 4 is 5.65 Å². The van der Waals surface area contributed by atoms with E-state index in [-0.39, 0.29) is 0 Å². The summed E-state index contributed by atoms with van der Waals surface area (Å²) in [5.41, 5.74) is 11.2. The van der Waals surface area contributed by atoms with Crippen LogP contribution >= 0.6 is 0 Å². The van der Waals surface area contributed by atoms with Gasteiger partial charge in [-0.25, -0.2) is 4.98 Å². The second-order valence-corrected chi connectivity index (χ2v) is 5.37. The van der Waals surface area contributed by atoms with Gasteiger partial charge in [0.05, 0.1) is 5.69 Å². The van der Waals surface area contributed by atoms with Crippen molar-refractivity contribution in [2.24, 2.45) is 5.73 Å². The molecule has 0 fully saturated rings. The van der Waals surface area contributed by atoms with E-state index in [1.165, 1.54) is 5.56 Å². The van der Waals surface area contributed by atoms with Crippen LogP contribution in [0.25, 0.3) is 16.9 Å². The van der Waals surface area contributed by atoms with Crippen molar-refractivity contribution < 1.29 is 0 Å². The molecule has 3 rings (SSSR count). The molecule has 0 aliphatic carbocycles. The minimum Gasteiger partial charge on any atom is -0.326 e. The van der Waals surface area contributed by atoms with Gasteiger partial charge in [-0.3, -0.25) is 0 Å². The SMILES string of the molecule is CC(C)c1ccc(-c2cn3cccc(CN)c3n2)cc1. The van der Waals surface area contributed by atoms with Crippen LogP contribution in [0.4, 0.5) is 0 Å². The van der Waals surface area contributed by atoms with Gasteiger partial charge in [0, 0.05) is 30.1 Å². The average Bonchev–Trinajstić information content (AvgIpc) is 2.91. The highest BCUT2D eigenvalue weighted by Crippen LogP contribution is 2.23. The topological polar surface area (TPSA) is 43.3 Å². The zero-order valence-electron chi connectivity index (χ0n) is 11.9. The van der Waals surface area contributed by atoms with Crippen molar-refractivity contribution in [2.45, 2.75) is 26.3 Å². The van der Waals surface area contributed by atoms with Gasteiger partial charge >= 0.3 is 0 Å². The maximum Gasteiger partial charge on any atom is 0.141 e. The molecule has 0 atom stereocenters. The molecule has 0 saturated heterocycles. The molecule has 2 N–H and O–H groups in total. The normalized spacial score (nSPS) is 11.4. The van der Waals surface area contributed by atoms with E-state index in [0.717, 1.165) is 22.5 Å². The molecular formula is C17H19N3. The van der Waals surface area contributed by atoms with Gasteiger partial charge in [-0.2, -0.15) is 0 Å². The molecule has 3 nitrogen and oxygen atoms in total. The standard InChI is InChI=1S/C17H19N3/c1-12(2)13-5-7-14(8-6-13)16-11-20-9-3-4-15(10-18)17(20)19-16/h3-9,11-12H,10,18H2,1-2H3. The third kappa shape index (κ3) is 2.21. The predicted octanol–water partition coefficient (Wildman–Crippen LogP) is 3.58. The summed E-state index contributed by atoms with van der Waals surface area (Å²) in [7, 11) is 0. The van der Waals surface area contributed by atoms with Gasteiger partial charge in [0.25, 0.3) is 0 Å².